The molecule has 1 heterocycles. The summed E-state index contributed by atoms with van der Waals surface area (Å²) in [6.07, 6.45) is 0. The third kappa shape index (κ3) is 2.24. The van der Waals surface area contributed by atoms with Gasteiger partial charge in [-0.05, 0) is 26.0 Å². The van der Waals surface area contributed by atoms with Crippen LogP contribution in [0.1, 0.15) is 25.5 Å². The molecule has 0 aliphatic heterocycles. The SMILES string of the molecule is CC(=O)C(C(C)=O)c1nc2ccccc2nc1Cl. The minimum Gasteiger partial charge on any atom is -0.299 e. The number of hydrogen-bond donors (Lipinski definition) is 0. The third-order valence-electron chi connectivity index (χ3n) is 2.64. The molecule has 1 aromatic carbocycles. The Morgan fingerprint density at radius 3 is 2.06 bits per heavy atom. The van der Waals surface area contributed by atoms with Gasteiger partial charge >= 0.3 is 0 Å². The topological polar surface area (TPSA) is 59.9 Å². The van der Waals surface area contributed by atoms with Crippen molar-refractivity contribution in [1.82, 2.24) is 9.97 Å². The van der Waals surface area contributed by atoms with Gasteiger partial charge in [-0.3, -0.25) is 9.59 Å². The molecule has 0 saturated carbocycles. The van der Waals surface area contributed by atoms with Crippen molar-refractivity contribution in [2.24, 2.45) is 0 Å². The lowest BCUT2D eigenvalue weighted by Crippen LogP contribution is -2.19. The van der Waals surface area contributed by atoms with Gasteiger partial charge in [0.2, 0.25) is 0 Å². The lowest BCUT2D eigenvalue weighted by Gasteiger charge is -2.11. The highest BCUT2D eigenvalue weighted by molar-refractivity contribution is 6.31. The van der Waals surface area contributed by atoms with Crippen LogP contribution in [0.5, 0.6) is 0 Å². The molecule has 0 radical (unpaired) electrons. The zero-order valence-corrected chi connectivity index (χ0v) is 10.7. The Labute approximate surface area is 109 Å². The maximum Gasteiger partial charge on any atom is 0.152 e. The van der Waals surface area contributed by atoms with Crippen LogP contribution in [0, 0.1) is 0 Å². The molecule has 0 aliphatic rings. The van der Waals surface area contributed by atoms with E-state index in [4.69, 9.17) is 11.6 Å². The van der Waals surface area contributed by atoms with E-state index in [1.54, 1.807) is 12.1 Å². The predicted octanol–water partition coefficient (Wildman–Crippen LogP) is 2.54. The van der Waals surface area contributed by atoms with Crippen LogP contribution < -0.4 is 0 Å². The molecule has 0 spiro atoms. The van der Waals surface area contributed by atoms with E-state index in [2.05, 4.69) is 9.97 Å². The molecule has 0 amide bonds. The van der Waals surface area contributed by atoms with Gasteiger partial charge in [0.05, 0.1) is 16.7 Å². The molecule has 0 atom stereocenters. The van der Waals surface area contributed by atoms with E-state index in [-0.39, 0.29) is 22.4 Å². The highest BCUT2D eigenvalue weighted by Crippen LogP contribution is 2.25. The van der Waals surface area contributed by atoms with Crippen LogP contribution in [-0.2, 0) is 9.59 Å². The largest absolute Gasteiger partial charge is 0.299 e. The van der Waals surface area contributed by atoms with Crippen LogP contribution in [-0.4, -0.2) is 21.5 Å². The maximum absolute atomic E-state index is 11.5. The lowest BCUT2D eigenvalue weighted by molar-refractivity contribution is -0.126. The first-order chi connectivity index (χ1) is 8.50. The minimum atomic E-state index is -0.936. The number of hydrogen-bond acceptors (Lipinski definition) is 4. The van der Waals surface area contributed by atoms with Gasteiger partial charge in [0.25, 0.3) is 0 Å². The molecule has 18 heavy (non-hydrogen) atoms. The first-order valence-corrected chi connectivity index (χ1v) is 5.81. The van der Waals surface area contributed by atoms with Gasteiger partial charge in [0.15, 0.2) is 5.15 Å². The van der Waals surface area contributed by atoms with Crippen molar-refractivity contribution in [2.75, 3.05) is 0 Å². The van der Waals surface area contributed by atoms with E-state index in [0.29, 0.717) is 11.0 Å². The summed E-state index contributed by atoms with van der Waals surface area (Å²) in [4.78, 5) is 31.5. The number of carbonyl (C=O) groups excluding carboxylic acids is 2. The first kappa shape index (κ1) is 12.6. The summed E-state index contributed by atoms with van der Waals surface area (Å²) in [6, 6.07) is 7.17. The van der Waals surface area contributed by atoms with Crippen molar-refractivity contribution >= 4 is 34.2 Å². The van der Waals surface area contributed by atoms with E-state index in [9.17, 15) is 9.59 Å². The second kappa shape index (κ2) is 4.82. The Balaban J connectivity index is 2.66. The zero-order valence-electron chi connectivity index (χ0n) is 9.98. The van der Waals surface area contributed by atoms with E-state index in [0.717, 1.165) is 0 Å². The molecule has 0 bridgehead atoms. The Morgan fingerprint density at radius 1 is 1.06 bits per heavy atom. The van der Waals surface area contributed by atoms with Crippen molar-refractivity contribution < 1.29 is 9.59 Å². The van der Waals surface area contributed by atoms with E-state index in [1.165, 1.54) is 13.8 Å². The van der Waals surface area contributed by atoms with Crippen molar-refractivity contribution in [3.63, 3.8) is 0 Å². The highest BCUT2D eigenvalue weighted by atomic mass is 35.5. The standard InChI is InChI=1S/C13H11ClN2O2/c1-7(17)11(8(2)18)12-13(14)16-10-6-4-3-5-9(10)15-12/h3-6,11H,1-2H3. The predicted molar refractivity (Wildman–Crippen MR) is 68.7 cm³/mol. The summed E-state index contributed by atoms with van der Waals surface area (Å²) in [5.41, 5.74) is 1.48. The van der Waals surface area contributed by atoms with Crippen LogP contribution >= 0.6 is 11.6 Å². The van der Waals surface area contributed by atoms with Crippen LogP contribution in [0.4, 0.5) is 0 Å². The van der Waals surface area contributed by atoms with Crippen molar-refractivity contribution in [3.8, 4) is 0 Å². The fraction of sp³-hybridized carbons (Fsp3) is 0.231. The molecule has 1 aromatic heterocycles. The zero-order chi connectivity index (χ0) is 13.3. The monoisotopic (exact) mass is 262 g/mol. The number of benzene rings is 1. The number of rotatable bonds is 3. The molecule has 2 rings (SSSR count). The van der Waals surface area contributed by atoms with Crippen LogP contribution in [0.15, 0.2) is 24.3 Å². The fourth-order valence-electron chi connectivity index (χ4n) is 1.85. The number of ketones is 2. The quantitative estimate of drug-likeness (QED) is 0.798. The summed E-state index contributed by atoms with van der Waals surface area (Å²) < 4.78 is 0. The molecule has 5 heteroatoms. The number of carbonyl (C=O) groups is 2. The van der Waals surface area contributed by atoms with E-state index >= 15 is 0 Å². The molecule has 0 aliphatic carbocycles. The summed E-state index contributed by atoms with van der Waals surface area (Å²) >= 11 is 6.01. The van der Waals surface area contributed by atoms with E-state index in [1.807, 2.05) is 12.1 Å². The molecular weight excluding hydrogens is 252 g/mol. The third-order valence-corrected chi connectivity index (χ3v) is 2.92. The second-order valence-electron chi connectivity index (χ2n) is 4.04. The van der Waals surface area contributed by atoms with Crippen molar-refractivity contribution in [1.29, 1.82) is 0 Å². The molecular formula is C13H11ClN2O2. The van der Waals surface area contributed by atoms with Crippen molar-refractivity contribution in [3.05, 3.63) is 35.1 Å². The van der Waals surface area contributed by atoms with Gasteiger partial charge in [-0.2, -0.15) is 0 Å². The first-order valence-electron chi connectivity index (χ1n) is 5.44. The molecule has 4 nitrogen and oxygen atoms in total. The van der Waals surface area contributed by atoms with E-state index < -0.39 is 5.92 Å². The number of halogens is 1. The van der Waals surface area contributed by atoms with Gasteiger partial charge in [0.1, 0.15) is 17.5 Å². The summed E-state index contributed by atoms with van der Waals surface area (Å²) in [7, 11) is 0. The highest BCUT2D eigenvalue weighted by Gasteiger charge is 2.26. The van der Waals surface area contributed by atoms with Gasteiger partial charge in [0, 0.05) is 0 Å². The fourth-order valence-corrected chi connectivity index (χ4v) is 2.09. The lowest BCUT2D eigenvalue weighted by atomic mass is 9.97. The van der Waals surface area contributed by atoms with Crippen LogP contribution in [0.3, 0.4) is 0 Å². The summed E-state index contributed by atoms with van der Waals surface area (Å²) in [5.74, 6) is -1.50. The average molecular weight is 263 g/mol. The average Bonchev–Trinajstić information content (AvgIpc) is 2.29. The van der Waals surface area contributed by atoms with Crippen LogP contribution in [0.25, 0.3) is 11.0 Å². The summed E-state index contributed by atoms with van der Waals surface area (Å²) in [6.45, 7) is 2.69. The van der Waals surface area contributed by atoms with Gasteiger partial charge in [-0.25, -0.2) is 9.97 Å². The van der Waals surface area contributed by atoms with Gasteiger partial charge in [-0.1, -0.05) is 23.7 Å². The van der Waals surface area contributed by atoms with Gasteiger partial charge < -0.3 is 0 Å². The number of para-hydroxylation sites is 2. The number of nitrogens with zero attached hydrogens (tertiary/aromatic N) is 2. The number of Topliss-reactive ketones (excluding diaryl/α,β-unsaturated/α-hetero) is 2. The Kier molecular flexibility index (Phi) is 3.39. The normalized spacial score (nSPS) is 10.9. The van der Waals surface area contributed by atoms with Gasteiger partial charge in [-0.15, -0.1) is 0 Å². The second-order valence-corrected chi connectivity index (χ2v) is 4.40. The minimum absolute atomic E-state index is 0.101. The smallest absolute Gasteiger partial charge is 0.152 e. The van der Waals surface area contributed by atoms with Crippen LogP contribution in [0.2, 0.25) is 5.15 Å². The summed E-state index contributed by atoms with van der Waals surface area (Å²) in [5, 5.41) is 0.101. The van der Waals surface area contributed by atoms with Crippen molar-refractivity contribution in [2.45, 2.75) is 19.8 Å². The molecule has 0 saturated heterocycles. The molecule has 2 aromatic rings. The Hall–Kier alpha value is -1.81. The number of fused-ring (bicyclic) bond motifs is 1. The molecule has 0 unspecified atom stereocenters. The molecule has 92 valence electrons. The maximum atomic E-state index is 11.5. The molecule has 0 fully saturated rings. The molecule has 0 N–H and O–H groups in total. The Bertz CT molecular complexity index is 626. The Morgan fingerprint density at radius 2 is 1.56 bits per heavy atom. The number of aromatic nitrogens is 2.